The molecule has 1 aliphatic heterocycles. The first-order valence-corrected chi connectivity index (χ1v) is 7.55. The summed E-state index contributed by atoms with van der Waals surface area (Å²) in [6.45, 7) is -0.492. The number of nitrogens with one attached hydrogen (secondary N) is 1. The topological polar surface area (TPSA) is 96.9 Å². The van der Waals surface area contributed by atoms with Gasteiger partial charge in [-0.05, 0) is 25.0 Å². The number of rotatable bonds is 3. The Labute approximate surface area is 143 Å². The van der Waals surface area contributed by atoms with Crippen LogP contribution in [0.4, 0.5) is 18.9 Å². The van der Waals surface area contributed by atoms with E-state index in [2.05, 4.69) is 0 Å². The molecular formula is C16H11F3N4O3. The molecule has 0 saturated heterocycles. The number of hydrogen-bond donors (Lipinski definition) is 1. The highest BCUT2D eigenvalue weighted by atomic mass is 19.2. The molecule has 2 heterocycles. The van der Waals surface area contributed by atoms with Crippen LogP contribution in [-0.4, -0.2) is 15.0 Å². The molecular weight excluding hydrogens is 353 g/mol. The zero-order chi connectivity index (χ0) is 19.0. The zero-order valence-corrected chi connectivity index (χ0v) is 13.2. The summed E-state index contributed by atoms with van der Waals surface area (Å²) in [6, 6.07) is 3.17. The van der Waals surface area contributed by atoms with E-state index in [9.17, 15) is 27.6 Å². The molecule has 2 aromatic rings. The molecule has 3 rings (SSSR count). The highest BCUT2D eigenvalue weighted by Crippen LogP contribution is 2.19. The lowest BCUT2D eigenvalue weighted by molar-refractivity contribution is -0.116. The van der Waals surface area contributed by atoms with Gasteiger partial charge in [0, 0.05) is 12.2 Å². The summed E-state index contributed by atoms with van der Waals surface area (Å²) in [5, 5.41) is 11.1. The second kappa shape index (κ2) is 6.51. The smallest absolute Gasteiger partial charge is 0.322 e. The van der Waals surface area contributed by atoms with E-state index in [1.54, 1.807) is 6.07 Å². The standard InChI is InChI=1S/C16H11F3N4O3/c17-9-3-4-10(14(19)13(9)18)21-12(24)7-23-15(25)8(6-20)11-2-1-5-22(11)16(23)26/h3-4H,1-2,5,7H2,(H,21,24). The molecule has 0 aliphatic carbocycles. The average Bonchev–Trinajstić information content (AvgIpc) is 3.09. The van der Waals surface area contributed by atoms with Crippen molar-refractivity contribution in [3.63, 3.8) is 0 Å². The Balaban J connectivity index is 1.94. The SMILES string of the molecule is N#Cc1c2n(c(=O)n(CC(=O)Nc3ccc(F)c(F)c3F)c1=O)CCC2. The summed E-state index contributed by atoms with van der Waals surface area (Å²) in [5.74, 6) is -5.79. The number of nitriles is 1. The van der Waals surface area contributed by atoms with Gasteiger partial charge >= 0.3 is 5.69 Å². The van der Waals surface area contributed by atoms with Crippen molar-refractivity contribution in [3.8, 4) is 6.07 Å². The predicted octanol–water partition coefficient (Wildman–Crippen LogP) is 0.884. The molecule has 0 saturated carbocycles. The molecule has 1 N–H and O–H groups in total. The quantitative estimate of drug-likeness (QED) is 0.818. The minimum atomic E-state index is -1.76. The molecule has 1 aliphatic rings. The van der Waals surface area contributed by atoms with Gasteiger partial charge in [0.2, 0.25) is 5.91 Å². The van der Waals surface area contributed by atoms with Crippen LogP contribution in [0.2, 0.25) is 0 Å². The maximum absolute atomic E-state index is 13.6. The molecule has 26 heavy (non-hydrogen) atoms. The predicted molar refractivity (Wildman–Crippen MR) is 82.9 cm³/mol. The van der Waals surface area contributed by atoms with Gasteiger partial charge in [-0.2, -0.15) is 5.26 Å². The van der Waals surface area contributed by atoms with Crippen LogP contribution in [0.3, 0.4) is 0 Å². The van der Waals surface area contributed by atoms with Crippen LogP contribution in [0, 0.1) is 28.8 Å². The first-order valence-electron chi connectivity index (χ1n) is 7.55. The van der Waals surface area contributed by atoms with Crippen molar-refractivity contribution in [2.75, 3.05) is 5.32 Å². The van der Waals surface area contributed by atoms with Gasteiger partial charge in [-0.3, -0.25) is 14.2 Å². The minimum Gasteiger partial charge on any atom is -0.322 e. The number of carbonyl (C=O) groups excluding carboxylic acids is 1. The van der Waals surface area contributed by atoms with Gasteiger partial charge in [0.25, 0.3) is 5.56 Å². The number of carbonyl (C=O) groups is 1. The monoisotopic (exact) mass is 364 g/mol. The molecule has 7 nitrogen and oxygen atoms in total. The molecule has 1 aromatic carbocycles. The first-order chi connectivity index (χ1) is 12.3. The minimum absolute atomic E-state index is 0.228. The Morgan fingerprint density at radius 1 is 1.23 bits per heavy atom. The van der Waals surface area contributed by atoms with Crippen molar-refractivity contribution in [3.05, 3.63) is 61.7 Å². The van der Waals surface area contributed by atoms with E-state index in [1.165, 1.54) is 4.57 Å². The van der Waals surface area contributed by atoms with Gasteiger partial charge in [-0.1, -0.05) is 0 Å². The Hall–Kier alpha value is -3.35. The molecule has 10 heteroatoms. The fourth-order valence-electron chi connectivity index (χ4n) is 2.84. The molecule has 1 amide bonds. The van der Waals surface area contributed by atoms with E-state index in [1.807, 2.05) is 5.32 Å². The lowest BCUT2D eigenvalue weighted by atomic mass is 10.2. The van der Waals surface area contributed by atoms with Gasteiger partial charge in [0.05, 0.1) is 5.69 Å². The van der Waals surface area contributed by atoms with Gasteiger partial charge < -0.3 is 5.32 Å². The maximum atomic E-state index is 13.6. The number of fused-ring (bicyclic) bond motifs is 1. The number of halogens is 3. The van der Waals surface area contributed by atoms with Gasteiger partial charge in [-0.25, -0.2) is 22.5 Å². The van der Waals surface area contributed by atoms with Crippen LogP contribution in [0.15, 0.2) is 21.7 Å². The summed E-state index contributed by atoms with van der Waals surface area (Å²) in [6.07, 6.45) is 0.986. The fraction of sp³-hybridized carbons (Fsp3) is 0.250. The van der Waals surface area contributed by atoms with Crippen LogP contribution in [0.1, 0.15) is 17.7 Å². The second-order valence-corrected chi connectivity index (χ2v) is 5.63. The van der Waals surface area contributed by atoms with Crippen molar-refractivity contribution in [1.29, 1.82) is 5.26 Å². The Morgan fingerprint density at radius 2 is 1.96 bits per heavy atom. The van der Waals surface area contributed by atoms with Crippen molar-refractivity contribution >= 4 is 11.6 Å². The second-order valence-electron chi connectivity index (χ2n) is 5.63. The van der Waals surface area contributed by atoms with Crippen LogP contribution >= 0.6 is 0 Å². The first kappa shape index (κ1) is 17.5. The fourth-order valence-corrected chi connectivity index (χ4v) is 2.84. The number of hydrogen-bond acceptors (Lipinski definition) is 4. The Kier molecular flexibility index (Phi) is 4.38. The lowest BCUT2D eigenvalue weighted by Crippen LogP contribution is -2.44. The zero-order valence-electron chi connectivity index (χ0n) is 13.2. The van der Waals surface area contributed by atoms with E-state index in [0.29, 0.717) is 35.7 Å². The van der Waals surface area contributed by atoms with Crippen LogP contribution in [-0.2, 0) is 24.3 Å². The van der Waals surface area contributed by atoms with Crippen LogP contribution in [0.25, 0.3) is 0 Å². The van der Waals surface area contributed by atoms with Crippen molar-refractivity contribution in [1.82, 2.24) is 9.13 Å². The van der Waals surface area contributed by atoms with Crippen molar-refractivity contribution in [2.45, 2.75) is 25.9 Å². The summed E-state index contributed by atoms with van der Waals surface area (Å²) in [7, 11) is 0. The summed E-state index contributed by atoms with van der Waals surface area (Å²) in [5.41, 5.74) is -2.22. The average molecular weight is 364 g/mol. The van der Waals surface area contributed by atoms with Crippen molar-refractivity contribution < 1.29 is 18.0 Å². The number of benzene rings is 1. The highest BCUT2D eigenvalue weighted by molar-refractivity contribution is 5.90. The summed E-state index contributed by atoms with van der Waals surface area (Å²) >= 11 is 0. The van der Waals surface area contributed by atoms with Crippen molar-refractivity contribution in [2.24, 2.45) is 0 Å². The van der Waals surface area contributed by atoms with E-state index in [4.69, 9.17) is 5.26 Å². The normalized spacial score (nSPS) is 12.5. The third-order valence-electron chi connectivity index (χ3n) is 4.05. The molecule has 1 aromatic heterocycles. The summed E-state index contributed by atoms with van der Waals surface area (Å²) in [4.78, 5) is 36.7. The molecule has 0 bridgehead atoms. The number of amides is 1. The lowest BCUT2D eigenvalue weighted by Gasteiger charge is -2.11. The number of anilines is 1. The molecule has 0 radical (unpaired) electrons. The molecule has 0 spiro atoms. The molecule has 0 atom stereocenters. The third-order valence-corrected chi connectivity index (χ3v) is 4.05. The number of nitrogens with zero attached hydrogens (tertiary/aromatic N) is 3. The van der Waals surface area contributed by atoms with Gasteiger partial charge in [-0.15, -0.1) is 0 Å². The van der Waals surface area contributed by atoms with Crippen LogP contribution < -0.4 is 16.6 Å². The third kappa shape index (κ3) is 2.77. The van der Waals surface area contributed by atoms with E-state index < -0.39 is 46.8 Å². The van der Waals surface area contributed by atoms with E-state index in [-0.39, 0.29) is 5.56 Å². The number of aromatic nitrogens is 2. The Morgan fingerprint density at radius 3 is 2.65 bits per heavy atom. The maximum Gasteiger partial charge on any atom is 0.331 e. The molecule has 134 valence electrons. The largest absolute Gasteiger partial charge is 0.331 e. The molecule has 0 fully saturated rings. The highest BCUT2D eigenvalue weighted by Gasteiger charge is 2.24. The van der Waals surface area contributed by atoms with Gasteiger partial charge in [0.15, 0.2) is 17.5 Å². The Bertz CT molecular complexity index is 1080. The summed E-state index contributed by atoms with van der Waals surface area (Å²) < 4.78 is 41.5. The van der Waals surface area contributed by atoms with E-state index in [0.717, 1.165) is 6.07 Å². The van der Waals surface area contributed by atoms with Gasteiger partial charge in [0.1, 0.15) is 18.2 Å². The van der Waals surface area contributed by atoms with E-state index >= 15 is 0 Å². The molecule has 0 unspecified atom stereocenters. The van der Waals surface area contributed by atoms with Crippen LogP contribution in [0.5, 0.6) is 0 Å².